The molecule has 3 aromatic rings. The zero-order valence-electron chi connectivity index (χ0n) is 14.6. The van der Waals surface area contributed by atoms with Gasteiger partial charge in [0.2, 0.25) is 0 Å². The van der Waals surface area contributed by atoms with E-state index in [1.165, 1.54) is 5.56 Å². The lowest BCUT2D eigenvalue weighted by Crippen LogP contribution is -2.49. The maximum Gasteiger partial charge on any atom is 0.339 e. The number of ether oxygens (including phenoxy) is 1. The van der Waals surface area contributed by atoms with Crippen molar-refractivity contribution in [1.82, 2.24) is 14.4 Å². The summed E-state index contributed by atoms with van der Waals surface area (Å²) in [6.07, 6.45) is 8.00. The first-order valence-electron chi connectivity index (χ1n) is 8.51. The first-order valence-corrected chi connectivity index (χ1v) is 8.51. The van der Waals surface area contributed by atoms with Gasteiger partial charge < -0.3 is 9.14 Å². The minimum absolute atomic E-state index is 0.0928. The minimum atomic E-state index is -0.280. The molecule has 5 nitrogen and oxygen atoms in total. The van der Waals surface area contributed by atoms with Crippen LogP contribution in [0.15, 0.2) is 49.1 Å². The third-order valence-electron chi connectivity index (χ3n) is 5.44. The molecule has 2 atom stereocenters. The summed E-state index contributed by atoms with van der Waals surface area (Å²) in [5.41, 5.74) is 3.47. The molecule has 5 heteroatoms. The monoisotopic (exact) mass is 335 g/mol. The number of imidazole rings is 1. The third-order valence-corrected chi connectivity index (χ3v) is 5.44. The van der Waals surface area contributed by atoms with Gasteiger partial charge in [0.1, 0.15) is 11.8 Å². The number of fused-ring (bicyclic) bond motifs is 1. The lowest BCUT2D eigenvalue weighted by molar-refractivity contribution is -0.0798. The van der Waals surface area contributed by atoms with E-state index in [-0.39, 0.29) is 17.5 Å². The molecule has 0 aromatic carbocycles. The van der Waals surface area contributed by atoms with E-state index in [1.807, 2.05) is 29.7 Å². The van der Waals surface area contributed by atoms with Crippen molar-refractivity contribution in [2.45, 2.75) is 39.2 Å². The number of carbonyl (C=O) groups excluding carboxylic acids is 1. The largest absolute Gasteiger partial charge is 0.458 e. The first kappa shape index (κ1) is 15.8. The number of pyridine rings is 2. The second-order valence-electron chi connectivity index (χ2n) is 7.34. The Morgan fingerprint density at radius 1 is 1.28 bits per heavy atom. The van der Waals surface area contributed by atoms with Gasteiger partial charge in [-0.2, -0.15) is 0 Å². The summed E-state index contributed by atoms with van der Waals surface area (Å²) in [6.45, 7) is 6.26. The van der Waals surface area contributed by atoms with E-state index in [1.54, 1.807) is 24.7 Å². The number of esters is 1. The van der Waals surface area contributed by atoms with Crippen LogP contribution >= 0.6 is 0 Å². The van der Waals surface area contributed by atoms with Gasteiger partial charge in [0, 0.05) is 35.9 Å². The summed E-state index contributed by atoms with van der Waals surface area (Å²) in [4.78, 5) is 21.1. The molecule has 0 bridgehead atoms. The SMILES string of the molecule is Cc1cnc2ccc(C(=O)O[C@@H]3C[C@H](c4cccnc4)C3(C)C)cn12. The minimum Gasteiger partial charge on any atom is -0.458 e. The van der Waals surface area contributed by atoms with Crippen LogP contribution in [0.5, 0.6) is 0 Å². The molecule has 0 saturated heterocycles. The fourth-order valence-corrected chi connectivity index (χ4v) is 3.65. The van der Waals surface area contributed by atoms with Gasteiger partial charge in [-0.05, 0) is 43.0 Å². The van der Waals surface area contributed by atoms with Gasteiger partial charge in [0.15, 0.2) is 0 Å². The van der Waals surface area contributed by atoms with Crippen molar-refractivity contribution in [3.8, 4) is 0 Å². The Bertz CT molecular complexity index is 931. The Kier molecular flexibility index (Phi) is 3.60. The average molecular weight is 335 g/mol. The molecule has 4 rings (SSSR count). The summed E-state index contributed by atoms with van der Waals surface area (Å²) in [5.74, 6) is 0.0788. The number of aromatic nitrogens is 3. The third kappa shape index (κ3) is 2.60. The van der Waals surface area contributed by atoms with Crippen molar-refractivity contribution in [2.75, 3.05) is 0 Å². The van der Waals surface area contributed by atoms with Gasteiger partial charge in [-0.25, -0.2) is 9.78 Å². The van der Waals surface area contributed by atoms with Crippen LogP contribution in [0.25, 0.3) is 5.65 Å². The molecule has 1 aliphatic rings. The summed E-state index contributed by atoms with van der Waals surface area (Å²) in [7, 11) is 0. The van der Waals surface area contributed by atoms with Gasteiger partial charge in [0.05, 0.1) is 5.56 Å². The highest BCUT2D eigenvalue weighted by molar-refractivity contribution is 5.89. The van der Waals surface area contributed by atoms with Gasteiger partial charge in [0.25, 0.3) is 0 Å². The highest BCUT2D eigenvalue weighted by Crippen LogP contribution is 2.53. The molecule has 1 saturated carbocycles. The first-order chi connectivity index (χ1) is 12.0. The van der Waals surface area contributed by atoms with E-state index in [0.29, 0.717) is 11.5 Å². The molecule has 0 radical (unpaired) electrons. The van der Waals surface area contributed by atoms with Crippen molar-refractivity contribution < 1.29 is 9.53 Å². The quantitative estimate of drug-likeness (QED) is 0.684. The molecule has 0 spiro atoms. The molecule has 0 amide bonds. The maximum atomic E-state index is 12.6. The maximum absolute atomic E-state index is 12.6. The van der Waals surface area contributed by atoms with E-state index in [9.17, 15) is 4.79 Å². The normalized spacial score (nSPS) is 21.7. The Hall–Kier alpha value is -2.69. The Morgan fingerprint density at radius 3 is 2.84 bits per heavy atom. The zero-order chi connectivity index (χ0) is 17.6. The van der Waals surface area contributed by atoms with Crippen LogP contribution in [-0.2, 0) is 4.74 Å². The van der Waals surface area contributed by atoms with Crippen molar-refractivity contribution in [1.29, 1.82) is 0 Å². The van der Waals surface area contributed by atoms with Crippen LogP contribution in [0.4, 0.5) is 0 Å². The van der Waals surface area contributed by atoms with Crippen molar-refractivity contribution in [3.05, 3.63) is 65.9 Å². The average Bonchev–Trinajstić information content (AvgIpc) is 2.99. The fraction of sp³-hybridized carbons (Fsp3) is 0.350. The van der Waals surface area contributed by atoms with Gasteiger partial charge in [-0.1, -0.05) is 19.9 Å². The van der Waals surface area contributed by atoms with Crippen LogP contribution in [0, 0.1) is 12.3 Å². The number of carbonyl (C=O) groups is 1. The number of hydrogen-bond acceptors (Lipinski definition) is 4. The van der Waals surface area contributed by atoms with Crippen LogP contribution in [0.3, 0.4) is 0 Å². The van der Waals surface area contributed by atoms with Crippen LogP contribution < -0.4 is 0 Å². The van der Waals surface area contributed by atoms with E-state index < -0.39 is 0 Å². The Balaban J connectivity index is 1.50. The topological polar surface area (TPSA) is 56.5 Å². The van der Waals surface area contributed by atoms with Gasteiger partial charge >= 0.3 is 5.97 Å². The van der Waals surface area contributed by atoms with Gasteiger partial charge in [-0.3, -0.25) is 4.98 Å². The standard InChI is InChI=1S/C20H21N3O2/c1-13-10-22-18-7-6-15(12-23(13)18)19(24)25-17-9-16(20(17,2)3)14-5-4-8-21-11-14/h4-8,10-12,16-17H,9H2,1-3H3/t16-,17-/m1/s1. The number of nitrogens with zero attached hydrogens (tertiary/aromatic N) is 3. The number of rotatable bonds is 3. The lowest BCUT2D eigenvalue weighted by atomic mass is 9.58. The lowest BCUT2D eigenvalue weighted by Gasteiger charge is -2.51. The predicted molar refractivity (Wildman–Crippen MR) is 94.5 cm³/mol. The second-order valence-corrected chi connectivity index (χ2v) is 7.34. The number of aryl methyl sites for hydroxylation is 1. The molecular weight excluding hydrogens is 314 g/mol. The van der Waals surface area contributed by atoms with Crippen molar-refractivity contribution in [2.24, 2.45) is 5.41 Å². The van der Waals surface area contributed by atoms with E-state index >= 15 is 0 Å². The fourth-order valence-electron chi connectivity index (χ4n) is 3.65. The van der Waals surface area contributed by atoms with Crippen molar-refractivity contribution in [3.63, 3.8) is 0 Å². The molecule has 1 fully saturated rings. The number of hydrogen-bond donors (Lipinski definition) is 0. The Morgan fingerprint density at radius 2 is 2.12 bits per heavy atom. The summed E-state index contributed by atoms with van der Waals surface area (Å²) >= 11 is 0. The van der Waals surface area contributed by atoms with Crippen LogP contribution in [0.1, 0.15) is 47.8 Å². The molecule has 0 unspecified atom stereocenters. The molecule has 25 heavy (non-hydrogen) atoms. The van der Waals surface area contributed by atoms with E-state index in [0.717, 1.165) is 17.8 Å². The Labute approximate surface area is 146 Å². The predicted octanol–water partition coefficient (Wildman–Crippen LogP) is 3.78. The molecular formula is C20H21N3O2. The molecule has 3 heterocycles. The molecule has 128 valence electrons. The van der Waals surface area contributed by atoms with Crippen molar-refractivity contribution >= 4 is 11.6 Å². The smallest absolute Gasteiger partial charge is 0.339 e. The summed E-state index contributed by atoms with van der Waals surface area (Å²) in [6, 6.07) is 7.66. The molecule has 3 aromatic heterocycles. The van der Waals surface area contributed by atoms with Crippen LogP contribution in [0.2, 0.25) is 0 Å². The summed E-state index contributed by atoms with van der Waals surface area (Å²) in [5, 5.41) is 0. The highest BCUT2D eigenvalue weighted by Gasteiger charge is 2.51. The zero-order valence-corrected chi connectivity index (χ0v) is 14.6. The molecule has 0 N–H and O–H groups in total. The van der Waals surface area contributed by atoms with E-state index in [4.69, 9.17) is 4.74 Å². The van der Waals surface area contributed by atoms with E-state index in [2.05, 4.69) is 29.9 Å². The second kappa shape index (κ2) is 5.69. The highest BCUT2D eigenvalue weighted by atomic mass is 16.5. The van der Waals surface area contributed by atoms with Gasteiger partial charge in [-0.15, -0.1) is 0 Å². The van der Waals surface area contributed by atoms with Crippen LogP contribution in [-0.4, -0.2) is 26.4 Å². The molecule has 1 aliphatic carbocycles. The molecule has 0 aliphatic heterocycles. The summed E-state index contributed by atoms with van der Waals surface area (Å²) < 4.78 is 7.72.